The molecule has 8 nitrogen and oxygen atoms in total. The molecule has 1 aromatic carbocycles. The van der Waals surface area contributed by atoms with Gasteiger partial charge >= 0.3 is 0 Å². The second-order valence-corrected chi connectivity index (χ2v) is 10.5. The van der Waals surface area contributed by atoms with Gasteiger partial charge in [-0.25, -0.2) is 18.4 Å². The van der Waals surface area contributed by atoms with Crippen LogP contribution in [0.5, 0.6) is 0 Å². The predicted molar refractivity (Wildman–Crippen MR) is 117 cm³/mol. The number of hydrogen-bond donors (Lipinski definition) is 1. The Bertz CT molecular complexity index is 1440. The van der Waals surface area contributed by atoms with Gasteiger partial charge in [-0.3, -0.25) is 0 Å². The van der Waals surface area contributed by atoms with Crippen molar-refractivity contribution in [2.45, 2.75) is 12.0 Å². The first kappa shape index (κ1) is 19.2. The van der Waals surface area contributed by atoms with Crippen molar-refractivity contribution in [3.63, 3.8) is 0 Å². The Morgan fingerprint density at radius 3 is 2.80 bits per heavy atom. The molecule has 4 aromatic rings. The molecule has 1 aliphatic rings. The number of aromatic amines is 1. The van der Waals surface area contributed by atoms with Crippen LogP contribution in [0.4, 0.5) is 0 Å². The Hall–Kier alpha value is -2.74. The quantitative estimate of drug-likeness (QED) is 0.478. The normalized spacial score (nSPS) is 16.6. The minimum Gasteiger partial charge on any atom is -0.346 e. The highest BCUT2D eigenvalue weighted by Gasteiger charge is 2.49. The average molecular weight is 485 g/mol. The fourth-order valence-corrected chi connectivity index (χ4v) is 5.51. The van der Waals surface area contributed by atoms with Crippen LogP contribution in [0.2, 0.25) is 0 Å². The van der Waals surface area contributed by atoms with Crippen LogP contribution >= 0.6 is 15.9 Å². The van der Waals surface area contributed by atoms with E-state index in [1.165, 1.54) is 16.9 Å². The van der Waals surface area contributed by atoms with Gasteiger partial charge in [0.15, 0.2) is 0 Å². The van der Waals surface area contributed by atoms with Crippen molar-refractivity contribution in [2.24, 2.45) is 0 Å². The van der Waals surface area contributed by atoms with Gasteiger partial charge in [-0.2, -0.15) is 9.57 Å². The number of sulfonamides is 1. The predicted octanol–water partition coefficient (Wildman–Crippen LogP) is 3.23. The van der Waals surface area contributed by atoms with Gasteiger partial charge in [0, 0.05) is 46.3 Å². The minimum absolute atomic E-state index is 0.206. The molecule has 1 N–H and O–H groups in total. The van der Waals surface area contributed by atoms with Crippen LogP contribution in [0.3, 0.4) is 0 Å². The van der Waals surface area contributed by atoms with E-state index in [-0.39, 0.29) is 19.5 Å². The first-order chi connectivity index (χ1) is 14.3. The second kappa shape index (κ2) is 6.63. The molecular weight excluding hydrogens is 468 g/mol. The number of fused-ring (bicyclic) bond motifs is 2. The molecule has 0 unspecified atom stereocenters. The summed E-state index contributed by atoms with van der Waals surface area (Å²) in [5, 5.41) is 11.4. The van der Waals surface area contributed by atoms with Crippen molar-refractivity contribution in [3.05, 3.63) is 47.5 Å². The molecule has 4 heterocycles. The number of rotatable bonds is 4. The lowest BCUT2D eigenvalue weighted by Gasteiger charge is -2.48. The Balaban J connectivity index is 1.75. The largest absolute Gasteiger partial charge is 0.346 e. The summed E-state index contributed by atoms with van der Waals surface area (Å²) < 4.78 is 28.4. The van der Waals surface area contributed by atoms with Gasteiger partial charge in [0.05, 0.1) is 35.5 Å². The fraction of sp³-hybridized carbons (Fsp3) is 0.250. The summed E-state index contributed by atoms with van der Waals surface area (Å²) in [4.78, 5) is 11.9. The second-order valence-electron chi connectivity index (χ2n) is 7.63. The smallest absolute Gasteiger partial charge is 0.211 e. The Morgan fingerprint density at radius 1 is 1.27 bits per heavy atom. The van der Waals surface area contributed by atoms with Gasteiger partial charge in [0.25, 0.3) is 0 Å². The monoisotopic (exact) mass is 484 g/mol. The number of H-pyrrole nitrogens is 1. The minimum atomic E-state index is -3.31. The first-order valence-electron chi connectivity index (χ1n) is 9.24. The molecule has 1 fully saturated rings. The van der Waals surface area contributed by atoms with Crippen LogP contribution in [0.15, 0.2) is 47.5 Å². The number of hydrogen-bond acceptors (Lipinski definition) is 5. The van der Waals surface area contributed by atoms with Crippen LogP contribution in [-0.2, 0) is 15.6 Å². The van der Waals surface area contributed by atoms with Crippen LogP contribution in [0.1, 0.15) is 6.42 Å². The summed E-state index contributed by atoms with van der Waals surface area (Å²) >= 11 is 3.54. The Morgan fingerprint density at radius 2 is 2.07 bits per heavy atom. The zero-order valence-electron chi connectivity index (χ0n) is 16.0. The number of nitrogens with zero attached hydrogens (tertiary/aromatic N) is 5. The molecule has 0 radical (unpaired) electrons. The van der Waals surface area contributed by atoms with Crippen molar-refractivity contribution in [1.82, 2.24) is 23.8 Å². The van der Waals surface area contributed by atoms with Gasteiger partial charge in [-0.05, 0) is 18.2 Å². The van der Waals surface area contributed by atoms with Gasteiger partial charge in [0.1, 0.15) is 12.0 Å². The maximum atomic E-state index is 12.0. The van der Waals surface area contributed by atoms with Gasteiger partial charge in [-0.1, -0.05) is 22.0 Å². The lowest BCUT2D eigenvalue weighted by molar-refractivity contribution is 0.0898. The van der Waals surface area contributed by atoms with E-state index in [1.807, 2.05) is 41.2 Å². The highest BCUT2D eigenvalue weighted by atomic mass is 79.9. The average Bonchev–Trinajstić information content (AvgIpc) is 3.28. The molecule has 0 saturated carbocycles. The van der Waals surface area contributed by atoms with Gasteiger partial charge in [0.2, 0.25) is 10.0 Å². The maximum absolute atomic E-state index is 12.0. The fourth-order valence-electron chi connectivity index (χ4n) is 4.21. The maximum Gasteiger partial charge on any atom is 0.211 e. The zero-order valence-corrected chi connectivity index (χ0v) is 18.4. The number of aromatic nitrogens is 4. The number of halogens is 1. The summed E-state index contributed by atoms with van der Waals surface area (Å²) in [5.41, 5.74) is 2.75. The number of nitrogens with one attached hydrogen (secondary N) is 1. The van der Waals surface area contributed by atoms with Gasteiger partial charge in [-0.15, -0.1) is 0 Å². The molecule has 1 aliphatic heterocycles. The molecule has 3 aromatic heterocycles. The number of nitriles is 1. The van der Waals surface area contributed by atoms with Crippen LogP contribution in [0.25, 0.3) is 33.2 Å². The van der Waals surface area contributed by atoms with Crippen LogP contribution < -0.4 is 0 Å². The highest BCUT2D eigenvalue weighted by molar-refractivity contribution is 9.10. The van der Waals surface area contributed by atoms with E-state index in [9.17, 15) is 13.7 Å². The van der Waals surface area contributed by atoms with E-state index in [2.05, 4.69) is 37.0 Å². The first-order valence-corrected chi connectivity index (χ1v) is 11.9. The van der Waals surface area contributed by atoms with E-state index in [1.54, 1.807) is 0 Å². The van der Waals surface area contributed by atoms with Gasteiger partial charge < -0.3 is 9.55 Å². The summed E-state index contributed by atoms with van der Waals surface area (Å²) in [6.07, 6.45) is 6.74. The van der Waals surface area contributed by atoms with Crippen molar-refractivity contribution in [2.75, 3.05) is 19.3 Å². The number of benzene rings is 1. The molecule has 10 heteroatoms. The standard InChI is InChI=1S/C20H17BrN6O2S/c1-30(28,29)26-10-20(11-26,5-6-22)27-9-16(14-3-2-13(21)8-17(14)27)18-15-4-7-23-19(15)25-12-24-18/h2-4,7-9,12H,5,10-11H2,1H3,(H,23,24,25). The molecule has 1 saturated heterocycles. The SMILES string of the molecule is CS(=O)(=O)N1CC(CC#N)(n2cc(-c3ncnc4[nH]ccc34)c3ccc(Br)cc32)C1. The third-order valence-corrected chi connectivity index (χ3v) is 7.40. The Labute approximate surface area is 181 Å². The Kier molecular flexibility index (Phi) is 4.25. The van der Waals surface area contributed by atoms with E-state index in [4.69, 9.17) is 0 Å². The van der Waals surface area contributed by atoms with E-state index < -0.39 is 15.6 Å². The molecule has 0 atom stereocenters. The highest BCUT2D eigenvalue weighted by Crippen LogP contribution is 2.42. The van der Waals surface area contributed by atoms with Crippen molar-refractivity contribution < 1.29 is 8.42 Å². The summed E-state index contributed by atoms with van der Waals surface area (Å²) in [6, 6.07) is 10.2. The molecular formula is C20H17BrN6O2S. The lowest BCUT2D eigenvalue weighted by Crippen LogP contribution is -2.63. The van der Waals surface area contributed by atoms with E-state index >= 15 is 0 Å². The summed E-state index contributed by atoms with van der Waals surface area (Å²) in [5.74, 6) is 0. The van der Waals surface area contributed by atoms with E-state index in [0.717, 1.165) is 37.7 Å². The molecule has 0 bridgehead atoms. The van der Waals surface area contributed by atoms with E-state index in [0.29, 0.717) is 0 Å². The molecule has 0 amide bonds. The zero-order chi connectivity index (χ0) is 21.1. The molecule has 30 heavy (non-hydrogen) atoms. The molecule has 0 spiro atoms. The molecule has 152 valence electrons. The van der Waals surface area contributed by atoms with Crippen LogP contribution in [-0.4, -0.2) is 51.6 Å². The summed E-state index contributed by atoms with van der Waals surface area (Å²) in [6.45, 7) is 0.525. The van der Waals surface area contributed by atoms with Crippen molar-refractivity contribution >= 4 is 47.9 Å². The van der Waals surface area contributed by atoms with Crippen LogP contribution in [0, 0.1) is 11.3 Å². The lowest BCUT2D eigenvalue weighted by atomic mass is 9.88. The third-order valence-electron chi connectivity index (χ3n) is 5.71. The topological polar surface area (TPSA) is 108 Å². The summed E-state index contributed by atoms with van der Waals surface area (Å²) in [7, 11) is -3.31. The molecule has 0 aliphatic carbocycles. The van der Waals surface area contributed by atoms with Crippen molar-refractivity contribution in [1.29, 1.82) is 5.26 Å². The third kappa shape index (κ3) is 2.85. The van der Waals surface area contributed by atoms with Crippen molar-refractivity contribution in [3.8, 4) is 17.3 Å². The molecule has 5 rings (SSSR count).